The summed E-state index contributed by atoms with van der Waals surface area (Å²) in [5, 5.41) is 0. The number of unbranched alkanes of at least 4 members (excludes halogenated alkanes) is 1. The third-order valence-corrected chi connectivity index (χ3v) is 3.48. The summed E-state index contributed by atoms with van der Waals surface area (Å²) in [6.07, 6.45) is 8.31. The van der Waals surface area contributed by atoms with Crippen LogP contribution in [-0.2, 0) is 0 Å². The number of hydrogen-bond acceptors (Lipinski definition) is 1. The van der Waals surface area contributed by atoms with E-state index in [0.29, 0.717) is 0 Å². The highest BCUT2D eigenvalue weighted by Gasteiger charge is 2.39. The minimum atomic E-state index is 0.877. The van der Waals surface area contributed by atoms with E-state index in [1.54, 1.807) is 0 Å². The molecule has 0 saturated heterocycles. The van der Waals surface area contributed by atoms with Gasteiger partial charge in [0.15, 0.2) is 0 Å². The summed E-state index contributed by atoms with van der Waals surface area (Å²) in [4.78, 5) is 0. The van der Waals surface area contributed by atoms with Gasteiger partial charge in [-0.2, -0.15) is 0 Å². The highest BCUT2D eigenvalue weighted by molar-refractivity contribution is 4.89. The number of rotatable bonds is 7. The Balaban J connectivity index is 2.01. The van der Waals surface area contributed by atoms with Crippen molar-refractivity contribution in [2.75, 3.05) is 6.54 Å². The van der Waals surface area contributed by atoms with E-state index in [0.717, 1.165) is 24.3 Å². The van der Waals surface area contributed by atoms with Crippen molar-refractivity contribution < 1.29 is 0 Å². The van der Waals surface area contributed by atoms with Crippen LogP contribution < -0.4 is 5.73 Å². The van der Waals surface area contributed by atoms with Crippen LogP contribution in [0.2, 0.25) is 0 Å². The molecular weight excluding hydrogens is 158 g/mol. The lowest BCUT2D eigenvalue weighted by atomic mass is 9.98. The molecular formula is C12H25N. The Morgan fingerprint density at radius 3 is 2.77 bits per heavy atom. The molecule has 1 saturated carbocycles. The molecule has 3 atom stereocenters. The van der Waals surface area contributed by atoms with E-state index in [1.165, 1.54) is 38.5 Å². The molecule has 1 heteroatoms. The molecule has 0 aromatic rings. The van der Waals surface area contributed by atoms with E-state index in [9.17, 15) is 0 Å². The third kappa shape index (κ3) is 3.68. The first-order valence-electron chi connectivity index (χ1n) is 5.99. The lowest BCUT2D eigenvalue weighted by Gasteiger charge is -2.08. The van der Waals surface area contributed by atoms with Crippen LogP contribution in [0, 0.1) is 17.8 Å². The highest BCUT2D eigenvalue weighted by Crippen LogP contribution is 2.48. The summed E-state index contributed by atoms with van der Waals surface area (Å²) < 4.78 is 0. The largest absolute Gasteiger partial charge is 0.330 e. The summed E-state index contributed by atoms with van der Waals surface area (Å²) >= 11 is 0. The van der Waals surface area contributed by atoms with Gasteiger partial charge in [-0.15, -0.1) is 0 Å². The summed E-state index contributed by atoms with van der Waals surface area (Å²) in [5.74, 6) is 3.11. The summed E-state index contributed by atoms with van der Waals surface area (Å²) in [5.41, 5.74) is 5.48. The average Bonchev–Trinajstić information content (AvgIpc) is 2.85. The Kier molecular flexibility index (Phi) is 4.79. The second-order valence-corrected chi connectivity index (χ2v) is 4.71. The van der Waals surface area contributed by atoms with Crippen LogP contribution >= 0.6 is 0 Å². The van der Waals surface area contributed by atoms with E-state index in [-0.39, 0.29) is 0 Å². The first-order valence-corrected chi connectivity index (χ1v) is 5.99. The van der Waals surface area contributed by atoms with Gasteiger partial charge >= 0.3 is 0 Å². The van der Waals surface area contributed by atoms with Crippen molar-refractivity contribution >= 4 is 0 Å². The monoisotopic (exact) mass is 183 g/mol. The fraction of sp³-hybridized carbons (Fsp3) is 1.00. The minimum Gasteiger partial charge on any atom is -0.330 e. The van der Waals surface area contributed by atoms with Crippen LogP contribution in [-0.4, -0.2) is 6.54 Å². The van der Waals surface area contributed by atoms with E-state index in [2.05, 4.69) is 13.8 Å². The van der Waals surface area contributed by atoms with E-state index in [4.69, 9.17) is 5.73 Å². The van der Waals surface area contributed by atoms with Gasteiger partial charge in [-0.3, -0.25) is 0 Å². The Morgan fingerprint density at radius 1 is 1.38 bits per heavy atom. The van der Waals surface area contributed by atoms with Gasteiger partial charge in [0.25, 0.3) is 0 Å². The van der Waals surface area contributed by atoms with Crippen molar-refractivity contribution in [1.82, 2.24) is 0 Å². The van der Waals surface area contributed by atoms with Crippen molar-refractivity contribution in [1.29, 1.82) is 0 Å². The molecule has 2 N–H and O–H groups in total. The minimum absolute atomic E-state index is 0.877. The van der Waals surface area contributed by atoms with Gasteiger partial charge in [-0.1, -0.05) is 39.5 Å². The van der Waals surface area contributed by atoms with Gasteiger partial charge in [0.1, 0.15) is 0 Å². The molecule has 1 nitrogen and oxygen atoms in total. The van der Waals surface area contributed by atoms with Crippen LogP contribution in [0.1, 0.15) is 52.4 Å². The van der Waals surface area contributed by atoms with E-state index >= 15 is 0 Å². The zero-order chi connectivity index (χ0) is 9.68. The molecule has 1 aliphatic rings. The zero-order valence-corrected chi connectivity index (χ0v) is 9.26. The molecule has 0 radical (unpaired) electrons. The third-order valence-electron chi connectivity index (χ3n) is 3.48. The molecule has 0 amide bonds. The fourth-order valence-corrected chi connectivity index (χ4v) is 2.52. The quantitative estimate of drug-likeness (QED) is 0.603. The van der Waals surface area contributed by atoms with Crippen LogP contribution in [0.4, 0.5) is 0 Å². The smallest absolute Gasteiger partial charge is 0.00773 e. The summed E-state index contributed by atoms with van der Waals surface area (Å²) in [6, 6.07) is 0. The highest BCUT2D eigenvalue weighted by atomic mass is 14.5. The Hall–Kier alpha value is -0.0400. The molecule has 78 valence electrons. The van der Waals surface area contributed by atoms with Gasteiger partial charge < -0.3 is 5.73 Å². The first-order chi connectivity index (χ1) is 6.29. The van der Waals surface area contributed by atoms with Gasteiger partial charge in [0, 0.05) is 0 Å². The lowest BCUT2D eigenvalue weighted by molar-refractivity contribution is 0.425. The maximum Gasteiger partial charge on any atom is -0.00773 e. The van der Waals surface area contributed by atoms with Crippen molar-refractivity contribution in [3.63, 3.8) is 0 Å². The van der Waals surface area contributed by atoms with Gasteiger partial charge in [-0.25, -0.2) is 0 Å². The molecule has 0 aliphatic heterocycles. The maximum absolute atomic E-state index is 5.48. The topological polar surface area (TPSA) is 26.0 Å². The molecule has 0 heterocycles. The zero-order valence-electron chi connectivity index (χ0n) is 9.26. The Bertz CT molecular complexity index is 133. The molecule has 13 heavy (non-hydrogen) atoms. The first kappa shape index (κ1) is 11.0. The van der Waals surface area contributed by atoms with Crippen LogP contribution in [0.15, 0.2) is 0 Å². The Morgan fingerprint density at radius 2 is 2.15 bits per heavy atom. The second kappa shape index (κ2) is 5.64. The SMILES string of the molecule is CCC[C@H](C)C1CC1CCCCN. The van der Waals surface area contributed by atoms with E-state index in [1.807, 2.05) is 0 Å². The number of hydrogen-bond donors (Lipinski definition) is 1. The van der Waals surface area contributed by atoms with Crippen molar-refractivity contribution in [3.8, 4) is 0 Å². The van der Waals surface area contributed by atoms with Crippen LogP contribution in [0.25, 0.3) is 0 Å². The summed E-state index contributed by atoms with van der Waals surface area (Å²) in [7, 11) is 0. The maximum atomic E-state index is 5.48. The molecule has 1 rings (SSSR count). The standard InChI is InChI=1S/C12H25N/c1-3-6-10(2)12-9-11(12)7-4-5-8-13/h10-12H,3-9,13H2,1-2H3/t10-,11?,12?/m0/s1. The van der Waals surface area contributed by atoms with Crippen molar-refractivity contribution in [2.45, 2.75) is 52.4 Å². The molecule has 0 aromatic carbocycles. The lowest BCUT2D eigenvalue weighted by Crippen LogP contribution is -2.00. The van der Waals surface area contributed by atoms with Gasteiger partial charge in [-0.05, 0) is 37.1 Å². The predicted molar refractivity (Wildman–Crippen MR) is 58.6 cm³/mol. The normalized spacial score (nSPS) is 28.8. The summed E-state index contributed by atoms with van der Waals surface area (Å²) in [6.45, 7) is 5.60. The molecule has 1 fully saturated rings. The molecule has 2 unspecified atom stereocenters. The van der Waals surface area contributed by atoms with Gasteiger partial charge in [0.05, 0.1) is 0 Å². The molecule has 0 spiro atoms. The second-order valence-electron chi connectivity index (χ2n) is 4.71. The molecule has 1 aliphatic carbocycles. The molecule has 0 aromatic heterocycles. The predicted octanol–water partition coefficient (Wildman–Crippen LogP) is 3.19. The molecule has 0 bridgehead atoms. The van der Waals surface area contributed by atoms with Crippen molar-refractivity contribution in [3.05, 3.63) is 0 Å². The van der Waals surface area contributed by atoms with Crippen molar-refractivity contribution in [2.24, 2.45) is 23.5 Å². The van der Waals surface area contributed by atoms with Crippen LogP contribution in [0.5, 0.6) is 0 Å². The van der Waals surface area contributed by atoms with E-state index < -0.39 is 0 Å². The average molecular weight is 183 g/mol. The number of nitrogens with two attached hydrogens (primary N) is 1. The van der Waals surface area contributed by atoms with Gasteiger partial charge in [0.2, 0.25) is 0 Å². The Labute approximate surface area is 83.1 Å². The fourth-order valence-electron chi connectivity index (χ4n) is 2.52. The van der Waals surface area contributed by atoms with Crippen LogP contribution in [0.3, 0.4) is 0 Å².